The van der Waals surface area contributed by atoms with Crippen molar-refractivity contribution in [2.45, 2.75) is 39.7 Å². The van der Waals surface area contributed by atoms with Crippen LogP contribution in [-0.4, -0.2) is 35.8 Å². The highest BCUT2D eigenvalue weighted by atomic mass is 16.5. The molecule has 1 unspecified atom stereocenters. The lowest BCUT2D eigenvalue weighted by Crippen LogP contribution is -2.28. The molecule has 0 spiro atoms. The molecule has 0 amide bonds. The summed E-state index contributed by atoms with van der Waals surface area (Å²) in [4.78, 5) is 15.8. The fraction of sp³-hybridized carbons (Fsp3) is 0.600. The molecular weight excluding hydrogens is 256 g/mol. The van der Waals surface area contributed by atoms with Crippen molar-refractivity contribution in [2.24, 2.45) is 5.92 Å². The monoisotopic (exact) mass is 280 g/mol. The Morgan fingerprint density at radius 1 is 1.40 bits per heavy atom. The van der Waals surface area contributed by atoms with E-state index < -0.39 is 12.1 Å². The minimum atomic E-state index is -0.396. The van der Waals surface area contributed by atoms with Crippen molar-refractivity contribution in [1.82, 2.24) is 4.98 Å². The number of rotatable bonds is 7. The maximum Gasteiger partial charge on any atom is 0.339 e. The summed E-state index contributed by atoms with van der Waals surface area (Å²) in [6.07, 6.45) is 1.51. The standard InChI is InChI=1S/C15H24N2O3/c1-5-11(6-2)13(18)9-16-14-8-7-12(10(3)17-14)15(19)20-4/h7-8,11,13,18H,5-6,9H2,1-4H3,(H,16,17). The van der Waals surface area contributed by atoms with Gasteiger partial charge >= 0.3 is 5.97 Å². The van der Waals surface area contributed by atoms with Gasteiger partial charge in [0.2, 0.25) is 0 Å². The number of hydrogen-bond acceptors (Lipinski definition) is 5. The van der Waals surface area contributed by atoms with E-state index in [0.717, 1.165) is 12.8 Å². The molecule has 0 saturated carbocycles. The second-order valence-electron chi connectivity index (χ2n) is 4.85. The Balaban J connectivity index is 2.66. The van der Waals surface area contributed by atoms with E-state index in [1.165, 1.54) is 7.11 Å². The molecule has 0 bridgehead atoms. The average Bonchev–Trinajstić information content (AvgIpc) is 2.45. The number of anilines is 1. The van der Waals surface area contributed by atoms with E-state index >= 15 is 0 Å². The highest BCUT2D eigenvalue weighted by Crippen LogP contribution is 2.15. The van der Waals surface area contributed by atoms with Gasteiger partial charge in [-0.1, -0.05) is 26.7 Å². The van der Waals surface area contributed by atoms with Crippen LogP contribution >= 0.6 is 0 Å². The summed E-state index contributed by atoms with van der Waals surface area (Å²) >= 11 is 0. The van der Waals surface area contributed by atoms with Crippen LogP contribution in [0.3, 0.4) is 0 Å². The number of nitrogens with one attached hydrogen (secondary N) is 1. The molecule has 112 valence electrons. The number of aromatic nitrogens is 1. The van der Waals surface area contributed by atoms with E-state index in [2.05, 4.69) is 28.9 Å². The van der Waals surface area contributed by atoms with Crippen molar-refractivity contribution >= 4 is 11.8 Å². The van der Waals surface area contributed by atoms with Gasteiger partial charge in [0.1, 0.15) is 5.82 Å². The second kappa shape index (κ2) is 7.85. The van der Waals surface area contributed by atoms with E-state index in [1.807, 2.05) is 0 Å². The number of esters is 1. The Morgan fingerprint density at radius 3 is 2.55 bits per heavy atom. The fourth-order valence-electron chi connectivity index (χ4n) is 2.19. The molecule has 0 aliphatic rings. The molecular formula is C15H24N2O3. The van der Waals surface area contributed by atoms with Crippen LogP contribution in [0.1, 0.15) is 42.7 Å². The minimum Gasteiger partial charge on any atom is -0.465 e. The molecule has 5 heteroatoms. The summed E-state index contributed by atoms with van der Waals surface area (Å²) in [5, 5.41) is 13.2. The van der Waals surface area contributed by atoms with Gasteiger partial charge in [0.15, 0.2) is 0 Å². The first-order valence-corrected chi connectivity index (χ1v) is 7.01. The first kappa shape index (κ1) is 16.4. The number of nitrogens with zero attached hydrogens (tertiary/aromatic N) is 1. The number of carbonyl (C=O) groups is 1. The quantitative estimate of drug-likeness (QED) is 0.750. The van der Waals surface area contributed by atoms with Crippen molar-refractivity contribution < 1.29 is 14.6 Å². The van der Waals surface area contributed by atoms with E-state index in [4.69, 9.17) is 0 Å². The molecule has 0 fully saturated rings. The van der Waals surface area contributed by atoms with Crippen LogP contribution in [0.25, 0.3) is 0 Å². The molecule has 0 aliphatic carbocycles. The first-order chi connectivity index (χ1) is 9.53. The molecule has 2 N–H and O–H groups in total. The van der Waals surface area contributed by atoms with Crippen LogP contribution in [-0.2, 0) is 4.74 Å². The third-order valence-corrected chi connectivity index (χ3v) is 3.58. The Morgan fingerprint density at radius 2 is 2.05 bits per heavy atom. The number of methoxy groups -OCH3 is 1. The molecule has 0 radical (unpaired) electrons. The van der Waals surface area contributed by atoms with Crippen LogP contribution in [0.4, 0.5) is 5.82 Å². The number of aliphatic hydroxyl groups excluding tert-OH is 1. The number of aliphatic hydroxyl groups is 1. The van der Waals surface area contributed by atoms with Crippen molar-refractivity contribution in [1.29, 1.82) is 0 Å². The predicted molar refractivity (Wildman–Crippen MR) is 78.9 cm³/mol. The summed E-state index contributed by atoms with van der Waals surface area (Å²) in [6, 6.07) is 3.40. The normalized spacial score (nSPS) is 12.3. The topological polar surface area (TPSA) is 71.5 Å². The molecule has 1 atom stereocenters. The fourth-order valence-corrected chi connectivity index (χ4v) is 2.19. The first-order valence-electron chi connectivity index (χ1n) is 7.01. The molecule has 0 aromatic carbocycles. The van der Waals surface area contributed by atoms with E-state index in [9.17, 15) is 9.90 Å². The number of ether oxygens (including phenoxy) is 1. The smallest absolute Gasteiger partial charge is 0.339 e. The average molecular weight is 280 g/mol. The number of carbonyl (C=O) groups excluding carboxylic acids is 1. The summed E-state index contributed by atoms with van der Waals surface area (Å²) < 4.78 is 4.68. The number of hydrogen-bond donors (Lipinski definition) is 2. The van der Waals surface area contributed by atoms with E-state index in [-0.39, 0.29) is 5.92 Å². The van der Waals surface area contributed by atoms with Gasteiger partial charge in [-0.05, 0) is 25.0 Å². The maximum absolute atomic E-state index is 11.5. The zero-order valence-corrected chi connectivity index (χ0v) is 12.6. The molecule has 1 rings (SSSR count). The lowest BCUT2D eigenvalue weighted by atomic mass is 9.96. The zero-order valence-electron chi connectivity index (χ0n) is 12.6. The van der Waals surface area contributed by atoms with Gasteiger partial charge < -0.3 is 15.2 Å². The second-order valence-corrected chi connectivity index (χ2v) is 4.85. The van der Waals surface area contributed by atoms with Crippen LogP contribution in [0, 0.1) is 12.8 Å². The van der Waals surface area contributed by atoms with Gasteiger partial charge in [0.05, 0.1) is 24.5 Å². The van der Waals surface area contributed by atoms with Crippen molar-refractivity contribution in [3.8, 4) is 0 Å². The van der Waals surface area contributed by atoms with Gasteiger partial charge in [-0.15, -0.1) is 0 Å². The highest BCUT2D eigenvalue weighted by molar-refractivity contribution is 5.90. The predicted octanol–water partition coefficient (Wildman–Crippen LogP) is 2.39. The van der Waals surface area contributed by atoms with Crippen molar-refractivity contribution in [3.63, 3.8) is 0 Å². The Kier molecular flexibility index (Phi) is 6.45. The third kappa shape index (κ3) is 4.20. The third-order valence-electron chi connectivity index (χ3n) is 3.58. The van der Waals surface area contributed by atoms with Crippen LogP contribution in [0.5, 0.6) is 0 Å². The van der Waals surface area contributed by atoms with Crippen LogP contribution < -0.4 is 5.32 Å². The van der Waals surface area contributed by atoms with Gasteiger partial charge in [0, 0.05) is 6.54 Å². The van der Waals surface area contributed by atoms with Crippen LogP contribution in [0.15, 0.2) is 12.1 Å². The molecule has 1 heterocycles. The molecule has 0 aliphatic heterocycles. The molecule has 5 nitrogen and oxygen atoms in total. The SMILES string of the molecule is CCC(CC)C(O)CNc1ccc(C(=O)OC)c(C)n1. The van der Waals surface area contributed by atoms with Gasteiger partial charge in [-0.25, -0.2) is 9.78 Å². The van der Waals surface area contributed by atoms with Crippen molar-refractivity contribution in [2.75, 3.05) is 19.0 Å². The van der Waals surface area contributed by atoms with Gasteiger partial charge in [-0.3, -0.25) is 0 Å². The maximum atomic E-state index is 11.5. The summed E-state index contributed by atoms with van der Waals surface area (Å²) in [5.41, 5.74) is 1.07. The Labute approximate surface area is 120 Å². The molecule has 1 aromatic heterocycles. The molecule has 1 aromatic rings. The lowest BCUT2D eigenvalue weighted by Gasteiger charge is -2.20. The van der Waals surface area contributed by atoms with Crippen LogP contribution in [0.2, 0.25) is 0 Å². The summed E-state index contributed by atoms with van der Waals surface area (Å²) in [6.45, 7) is 6.36. The molecule has 20 heavy (non-hydrogen) atoms. The van der Waals surface area contributed by atoms with Gasteiger partial charge in [0.25, 0.3) is 0 Å². The zero-order chi connectivity index (χ0) is 15.1. The number of aryl methyl sites for hydroxylation is 1. The summed E-state index contributed by atoms with van der Waals surface area (Å²) in [5.74, 6) is 0.553. The Bertz CT molecular complexity index is 445. The van der Waals surface area contributed by atoms with Gasteiger partial charge in [-0.2, -0.15) is 0 Å². The van der Waals surface area contributed by atoms with Crippen molar-refractivity contribution in [3.05, 3.63) is 23.4 Å². The summed E-state index contributed by atoms with van der Waals surface area (Å²) in [7, 11) is 1.35. The largest absolute Gasteiger partial charge is 0.465 e. The number of pyridine rings is 1. The highest BCUT2D eigenvalue weighted by Gasteiger charge is 2.16. The minimum absolute atomic E-state index is 0.290. The van der Waals surface area contributed by atoms with E-state index in [0.29, 0.717) is 23.6 Å². The molecule has 0 saturated heterocycles. The van der Waals surface area contributed by atoms with E-state index in [1.54, 1.807) is 19.1 Å². The lowest BCUT2D eigenvalue weighted by molar-refractivity contribution is 0.0599. The Hall–Kier alpha value is -1.62.